The van der Waals surface area contributed by atoms with Crippen LogP contribution in [0.15, 0.2) is 4.73 Å². The molecule has 0 bridgehead atoms. The van der Waals surface area contributed by atoms with Crippen LogP contribution in [0.25, 0.3) is 0 Å². The molecule has 0 aliphatic carbocycles. The Bertz CT molecular complexity index is 430. The van der Waals surface area contributed by atoms with E-state index in [0.29, 0.717) is 17.4 Å². The Morgan fingerprint density at radius 3 is 2.25 bits per heavy atom. The molecule has 0 saturated carbocycles. The summed E-state index contributed by atoms with van der Waals surface area (Å²) in [5.74, 6) is 0. The second kappa shape index (κ2) is 7.04. The smallest absolute Gasteiger partial charge is 0.317 e. The van der Waals surface area contributed by atoms with Crippen LogP contribution in [-0.4, -0.2) is 36.3 Å². The third-order valence-electron chi connectivity index (χ3n) is 3.82. The number of ether oxygens (including phenoxy) is 1. The average molecular weight is 364 g/mol. The third kappa shape index (κ3) is 4.86. The van der Waals surface area contributed by atoms with Crippen molar-refractivity contribution < 1.29 is 9.16 Å². The molecule has 0 saturated heterocycles. The van der Waals surface area contributed by atoms with Gasteiger partial charge < -0.3 is 9.16 Å². The van der Waals surface area contributed by atoms with E-state index in [9.17, 15) is 0 Å². The summed E-state index contributed by atoms with van der Waals surface area (Å²) in [6.07, 6.45) is 1.96. The van der Waals surface area contributed by atoms with Crippen molar-refractivity contribution >= 4 is 24.2 Å². The molecule has 1 heterocycles. The molecule has 0 atom stereocenters. The summed E-state index contributed by atoms with van der Waals surface area (Å²) in [4.78, 5) is 0. The normalized spacial score (nSPS) is 12.8. The molecule has 0 spiro atoms. The van der Waals surface area contributed by atoms with Crippen LogP contribution in [-0.2, 0) is 11.5 Å². The second-order valence-electron chi connectivity index (χ2n) is 6.47. The zero-order valence-corrected chi connectivity index (χ0v) is 16.0. The minimum Gasteiger partial charge on any atom is -0.464 e. The first kappa shape index (κ1) is 17.6. The molecule has 0 aliphatic heterocycles. The lowest BCUT2D eigenvalue weighted by Crippen LogP contribution is -2.41. The number of rotatable bonds is 7. The molecule has 1 aromatic heterocycles. The molecule has 0 N–H and O–H groups in total. The average Bonchev–Trinajstić information content (AvgIpc) is 2.63. The van der Waals surface area contributed by atoms with Crippen molar-refractivity contribution in [3.8, 4) is 6.01 Å². The minimum atomic E-state index is -1.61. The maximum atomic E-state index is 6.12. The molecule has 0 unspecified atom stereocenters. The highest BCUT2D eigenvalue weighted by atomic mass is 79.9. The zero-order chi connectivity index (χ0) is 15.4. The molecule has 1 rings (SSSR count). The predicted molar refractivity (Wildman–Crippen MR) is 86.6 cm³/mol. The number of aromatic nitrogens is 3. The predicted octanol–water partition coefficient (Wildman–Crippen LogP) is 3.76. The van der Waals surface area contributed by atoms with Gasteiger partial charge in [-0.05, 0) is 46.9 Å². The van der Waals surface area contributed by atoms with Gasteiger partial charge in [0.1, 0.15) is 0 Å². The third-order valence-corrected chi connectivity index (χ3v) is 9.05. The summed E-state index contributed by atoms with van der Waals surface area (Å²) >= 11 is 3.28. The van der Waals surface area contributed by atoms with Gasteiger partial charge in [0.15, 0.2) is 8.32 Å². The monoisotopic (exact) mass is 363 g/mol. The Hall–Kier alpha value is -0.403. The van der Waals surface area contributed by atoms with E-state index < -0.39 is 8.32 Å². The highest BCUT2D eigenvalue weighted by Crippen LogP contribution is 2.36. The molecular formula is C13H26BrN3O2Si. The van der Waals surface area contributed by atoms with Crippen LogP contribution >= 0.6 is 15.9 Å². The van der Waals surface area contributed by atoms with Crippen molar-refractivity contribution in [3.05, 3.63) is 4.73 Å². The van der Waals surface area contributed by atoms with Gasteiger partial charge in [-0.25, -0.2) is 0 Å². The van der Waals surface area contributed by atoms with Crippen molar-refractivity contribution in [1.82, 2.24) is 14.8 Å². The lowest BCUT2D eigenvalue weighted by Gasteiger charge is -2.36. The number of unbranched alkanes of at least 4 members (excludes halogenated alkanes) is 1. The van der Waals surface area contributed by atoms with Crippen LogP contribution in [0.5, 0.6) is 6.01 Å². The Balaban J connectivity index is 2.19. The van der Waals surface area contributed by atoms with Gasteiger partial charge in [0.05, 0.1) is 6.61 Å². The van der Waals surface area contributed by atoms with Crippen LogP contribution in [0.3, 0.4) is 0 Å². The molecule has 20 heavy (non-hydrogen) atoms. The van der Waals surface area contributed by atoms with Crippen molar-refractivity contribution in [3.63, 3.8) is 0 Å². The van der Waals surface area contributed by atoms with Crippen molar-refractivity contribution in [2.45, 2.75) is 51.7 Å². The van der Waals surface area contributed by atoms with Crippen molar-refractivity contribution in [1.29, 1.82) is 0 Å². The van der Waals surface area contributed by atoms with E-state index >= 15 is 0 Å². The van der Waals surface area contributed by atoms with Gasteiger partial charge in [-0.3, -0.25) is 4.57 Å². The first-order valence-electron chi connectivity index (χ1n) is 6.97. The lowest BCUT2D eigenvalue weighted by molar-refractivity contribution is 0.239. The summed E-state index contributed by atoms with van der Waals surface area (Å²) in [5.41, 5.74) is 0. The maximum absolute atomic E-state index is 6.12. The van der Waals surface area contributed by atoms with Gasteiger partial charge >= 0.3 is 6.01 Å². The van der Waals surface area contributed by atoms with Crippen LogP contribution in [0.2, 0.25) is 18.1 Å². The standard InChI is InChI=1S/C13H26BrN3O2Si/c1-13(2,3)20(5,6)19-10-8-7-9-18-12-16-15-11(14)17(12)4/h7-10H2,1-6H3. The minimum absolute atomic E-state index is 0.272. The van der Waals surface area contributed by atoms with Gasteiger partial charge in [0, 0.05) is 13.7 Å². The molecule has 0 aromatic carbocycles. The highest BCUT2D eigenvalue weighted by molar-refractivity contribution is 9.10. The molecule has 0 amide bonds. The molecule has 0 radical (unpaired) electrons. The first-order chi connectivity index (χ1) is 9.15. The zero-order valence-electron chi connectivity index (χ0n) is 13.4. The second-order valence-corrected chi connectivity index (χ2v) is 12.0. The SMILES string of the molecule is Cn1c(Br)nnc1OCCCCO[Si](C)(C)C(C)(C)C. The van der Waals surface area contributed by atoms with Gasteiger partial charge in [0.25, 0.3) is 0 Å². The molecule has 7 heteroatoms. The van der Waals surface area contributed by atoms with Crippen molar-refractivity contribution in [2.75, 3.05) is 13.2 Å². The Morgan fingerprint density at radius 1 is 1.15 bits per heavy atom. The Kier molecular flexibility index (Phi) is 6.21. The number of halogens is 1. The molecule has 0 aliphatic rings. The summed E-state index contributed by atoms with van der Waals surface area (Å²) in [6.45, 7) is 12.8. The largest absolute Gasteiger partial charge is 0.464 e. The summed E-state index contributed by atoms with van der Waals surface area (Å²) < 4.78 is 14.1. The van der Waals surface area contributed by atoms with E-state index in [0.717, 1.165) is 19.4 Å². The molecule has 1 aromatic rings. The summed E-state index contributed by atoms with van der Waals surface area (Å²) in [7, 11) is 0.253. The van der Waals surface area contributed by atoms with E-state index in [1.165, 1.54) is 0 Å². The Labute approximate surface area is 131 Å². The fourth-order valence-electron chi connectivity index (χ4n) is 1.33. The molecular weight excluding hydrogens is 338 g/mol. The van der Waals surface area contributed by atoms with Crippen molar-refractivity contribution in [2.24, 2.45) is 7.05 Å². The Morgan fingerprint density at radius 2 is 1.75 bits per heavy atom. The van der Waals surface area contributed by atoms with E-state index in [1.807, 2.05) is 7.05 Å². The quantitative estimate of drug-likeness (QED) is 0.546. The van der Waals surface area contributed by atoms with Gasteiger partial charge in [-0.15, -0.1) is 5.10 Å². The lowest BCUT2D eigenvalue weighted by atomic mass is 10.2. The molecule has 5 nitrogen and oxygen atoms in total. The van der Waals surface area contributed by atoms with Crippen LogP contribution in [0.4, 0.5) is 0 Å². The number of hydrogen-bond donors (Lipinski definition) is 0. The van der Waals surface area contributed by atoms with Gasteiger partial charge in [-0.1, -0.05) is 25.9 Å². The first-order valence-corrected chi connectivity index (χ1v) is 10.7. The summed E-state index contributed by atoms with van der Waals surface area (Å²) in [5, 5.41) is 8.07. The van der Waals surface area contributed by atoms with Gasteiger partial charge in [-0.2, -0.15) is 0 Å². The van der Waals surface area contributed by atoms with E-state index in [2.05, 4.69) is 60.0 Å². The van der Waals surface area contributed by atoms with Crippen LogP contribution < -0.4 is 4.74 Å². The van der Waals surface area contributed by atoms with Crippen LogP contribution in [0, 0.1) is 0 Å². The van der Waals surface area contributed by atoms with E-state index in [4.69, 9.17) is 9.16 Å². The van der Waals surface area contributed by atoms with Crippen LogP contribution in [0.1, 0.15) is 33.6 Å². The maximum Gasteiger partial charge on any atom is 0.317 e. The summed E-state index contributed by atoms with van der Waals surface area (Å²) in [6, 6.07) is 0.544. The van der Waals surface area contributed by atoms with E-state index in [1.54, 1.807) is 4.57 Å². The van der Waals surface area contributed by atoms with E-state index in [-0.39, 0.29) is 5.04 Å². The molecule has 116 valence electrons. The number of hydrogen-bond acceptors (Lipinski definition) is 4. The fraction of sp³-hybridized carbons (Fsp3) is 0.846. The fourth-order valence-corrected chi connectivity index (χ4v) is 2.65. The topological polar surface area (TPSA) is 49.2 Å². The number of nitrogens with zero attached hydrogens (tertiary/aromatic N) is 3. The molecule has 0 fully saturated rings. The van der Waals surface area contributed by atoms with Gasteiger partial charge in [0.2, 0.25) is 4.73 Å². The highest BCUT2D eigenvalue weighted by Gasteiger charge is 2.36.